The summed E-state index contributed by atoms with van der Waals surface area (Å²) in [5.74, 6) is -2.00. The quantitative estimate of drug-likeness (QED) is 0.0938. The number of hydrogen-bond acceptors (Lipinski definition) is 8. The number of carbonyl (C=O) groups is 3. The Hall–Kier alpha value is -5.78. The van der Waals surface area contributed by atoms with E-state index in [2.05, 4.69) is 20.6 Å². The number of dihydropyridines is 1. The van der Waals surface area contributed by atoms with Crippen molar-refractivity contribution in [3.63, 3.8) is 0 Å². The van der Waals surface area contributed by atoms with Crippen LogP contribution in [0.1, 0.15) is 43.6 Å². The number of amides is 2. The summed E-state index contributed by atoms with van der Waals surface area (Å²) in [5, 5.41) is 17.4. The highest BCUT2D eigenvalue weighted by atomic mass is 35.5. The number of aromatic nitrogens is 3. The zero-order valence-electron chi connectivity index (χ0n) is 27.2. The Kier molecular flexibility index (Phi) is 9.30. The molecule has 248 valence electrons. The van der Waals surface area contributed by atoms with E-state index < -0.39 is 23.7 Å². The van der Waals surface area contributed by atoms with Gasteiger partial charge in [0.25, 0.3) is 5.91 Å². The van der Waals surface area contributed by atoms with E-state index in [-0.39, 0.29) is 29.1 Å². The van der Waals surface area contributed by atoms with Crippen LogP contribution < -0.4 is 15.7 Å². The Bertz CT molecular complexity index is 2170. The van der Waals surface area contributed by atoms with Crippen molar-refractivity contribution in [2.24, 2.45) is 0 Å². The molecule has 2 aromatic heterocycles. The van der Waals surface area contributed by atoms with E-state index in [1.807, 2.05) is 41.8 Å². The van der Waals surface area contributed by atoms with Crippen LogP contribution in [0, 0.1) is 6.92 Å². The summed E-state index contributed by atoms with van der Waals surface area (Å²) in [7, 11) is 0. The first kappa shape index (κ1) is 33.1. The molecular weight excluding hydrogens is 644 g/mol. The first-order valence-corrected chi connectivity index (χ1v) is 15.9. The Balaban J connectivity index is 1.48. The standard InChI is InChI=1S/C37H33ClN6O5/c1-5-49-37(47)34-33(26-10-6-7-11-27(26)38)32(36(46)42-28-12-8-9-13-31(28)44(48)23(4)45)21(2)40-35(34)24-14-16-25(17-15-24)43-22(3)41-29-20-39-19-18-30(29)43/h6-20,33,40,48H,5H2,1-4H3,(H,42,46). The maximum Gasteiger partial charge on any atom is 0.337 e. The van der Waals surface area contributed by atoms with Gasteiger partial charge in [-0.1, -0.05) is 54.1 Å². The summed E-state index contributed by atoms with van der Waals surface area (Å²) in [4.78, 5) is 49.0. The van der Waals surface area contributed by atoms with Crippen molar-refractivity contribution >= 4 is 57.5 Å². The van der Waals surface area contributed by atoms with Crippen molar-refractivity contribution in [2.45, 2.75) is 33.6 Å². The van der Waals surface area contributed by atoms with Gasteiger partial charge in [-0.2, -0.15) is 5.06 Å². The molecule has 12 heteroatoms. The zero-order chi connectivity index (χ0) is 34.8. The van der Waals surface area contributed by atoms with Gasteiger partial charge >= 0.3 is 5.97 Å². The molecule has 2 amide bonds. The van der Waals surface area contributed by atoms with Gasteiger partial charge in [0.1, 0.15) is 11.3 Å². The third-order valence-electron chi connectivity index (χ3n) is 8.24. The second kappa shape index (κ2) is 13.8. The largest absolute Gasteiger partial charge is 0.463 e. The molecule has 0 radical (unpaired) electrons. The molecule has 3 aromatic carbocycles. The zero-order valence-corrected chi connectivity index (χ0v) is 27.9. The van der Waals surface area contributed by atoms with Crippen LogP contribution in [-0.2, 0) is 19.1 Å². The number of allylic oxidation sites excluding steroid dienone is 1. The number of nitrogens with zero attached hydrogens (tertiary/aromatic N) is 4. The Morgan fingerprint density at radius 1 is 1.00 bits per heavy atom. The summed E-state index contributed by atoms with van der Waals surface area (Å²) in [5.41, 5.74) is 5.31. The van der Waals surface area contributed by atoms with Crippen LogP contribution in [0.4, 0.5) is 11.4 Å². The molecule has 3 N–H and O–H groups in total. The predicted molar refractivity (Wildman–Crippen MR) is 187 cm³/mol. The summed E-state index contributed by atoms with van der Waals surface area (Å²) >= 11 is 6.78. The number of pyridine rings is 1. The topological polar surface area (TPSA) is 139 Å². The van der Waals surface area contributed by atoms with Gasteiger partial charge in [0.2, 0.25) is 5.91 Å². The minimum atomic E-state index is -0.957. The number of aryl methyl sites for hydroxylation is 1. The number of imidazole rings is 1. The Morgan fingerprint density at radius 3 is 2.43 bits per heavy atom. The third-order valence-corrected chi connectivity index (χ3v) is 8.58. The van der Waals surface area contributed by atoms with Crippen molar-refractivity contribution in [2.75, 3.05) is 17.0 Å². The number of para-hydroxylation sites is 2. The lowest BCUT2D eigenvalue weighted by Crippen LogP contribution is -2.34. The molecule has 0 bridgehead atoms. The second-order valence-electron chi connectivity index (χ2n) is 11.3. The lowest BCUT2D eigenvalue weighted by atomic mass is 9.78. The van der Waals surface area contributed by atoms with Crippen molar-refractivity contribution in [3.05, 3.63) is 130 Å². The molecule has 49 heavy (non-hydrogen) atoms. The first-order valence-electron chi connectivity index (χ1n) is 15.5. The number of rotatable bonds is 8. The molecular formula is C37H33ClN6O5. The van der Waals surface area contributed by atoms with Crippen molar-refractivity contribution < 1.29 is 24.3 Å². The van der Waals surface area contributed by atoms with E-state index in [0.717, 1.165) is 22.5 Å². The van der Waals surface area contributed by atoms with Gasteiger partial charge in [0, 0.05) is 35.1 Å². The number of nitrogens with one attached hydrogen (secondary N) is 2. The number of halogens is 1. The molecule has 6 rings (SSSR count). The lowest BCUT2D eigenvalue weighted by Gasteiger charge is -2.33. The van der Waals surface area contributed by atoms with Crippen LogP contribution in [0.2, 0.25) is 5.02 Å². The SMILES string of the molecule is CCOC(=O)C1=C(c2ccc(-n3c(C)nc4cnccc43)cc2)NC(C)=C(C(=O)Nc2ccccc2N(O)C(C)=O)C1c1ccccc1Cl. The monoisotopic (exact) mass is 676 g/mol. The van der Waals surface area contributed by atoms with E-state index in [0.29, 0.717) is 32.6 Å². The van der Waals surface area contributed by atoms with Crippen LogP contribution in [-0.4, -0.2) is 44.1 Å². The van der Waals surface area contributed by atoms with Crippen LogP contribution in [0.5, 0.6) is 0 Å². The maximum absolute atomic E-state index is 14.3. The van der Waals surface area contributed by atoms with Gasteiger partial charge in [-0.05, 0) is 68.3 Å². The number of hydrogen-bond donors (Lipinski definition) is 3. The highest BCUT2D eigenvalue weighted by molar-refractivity contribution is 6.31. The highest BCUT2D eigenvalue weighted by Crippen LogP contribution is 2.44. The molecule has 3 heterocycles. The number of fused-ring (bicyclic) bond motifs is 1. The molecule has 1 unspecified atom stereocenters. The fraction of sp³-hybridized carbons (Fsp3) is 0.162. The molecule has 1 atom stereocenters. The molecule has 0 fully saturated rings. The smallest absolute Gasteiger partial charge is 0.337 e. The normalized spacial score (nSPS) is 14.4. The Labute approximate surface area is 287 Å². The maximum atomic E-state index is 14.3. The van der Waals surface area contributed by atoms with Gasteiger partial charge in [0.05, 0.1) is 46.9 Å². The van der Waals surface area contributed by atoms with Crippen LogP contribution in [0.3, 0.4) is 0 Å². The molecule has 0 aliphatic carbocycles. The van der Waals surface area contributed by atoms with Crippen molar-refractivity contribution in [3.8, 4) is 5.69 Å². The number of anilines is 2. The number of benzene rings is 3. The fourth-order valence-corrected chi connectivity index (χ4v) is 6.33. The average Bonchev–Trinajstić information content (AvgIpc) is 3.43. The molecule has 0 saturated carbocycles. The summed E-state index contributed by atoms with van der Waals surface area (Å²) in [6, 6.07) is 22.9. The molecule has 1 aliphatic rings. The van der Waals surface area contributed by atoms with Gasteiger partial charge in [-0.15, -0.1) is 0 Å². The fourth-order valence-electron chi connectivity index (χ4n) is 6.08. The number of carbonyl (C=O) groups excluding carboxylic acids is 3. The van der Waals surface area contributed by atoms with Crippen molar-refractivity contribution in [1.29, 1.82) is 0 Å². The molecule has 0 saturated heterocycles. The lowest BCUT2D eigenvalue weighted by molar-refractivity contribution is -0.138. The number of esters is 1. The summed E-state index contributed by atoms with van der Waals surface area (Å²) < 4.78 is 7.62. The average molecular weight is 677 g/mol. The highest BCUT2D eigenvalue weighted by Gasteiger charge is 2.40. The second-order valence-corrected chi connectivity index (χ2v) is 11.7. The predicted octanol–water partition coefficient (Wildman–Crippen LogP) is 6.70. The third kappa shape index (κ3) is 6.29. The summed E-state index contributed by atoms with van der Waals surface area (Å²) in [6.45, 7) is 6.67. The minimum Gasteiger partial charge on any atom is -0.463 e. The van der Waals surface area contributed by atoms with Gasteiger partial charge in [-0.3, -0.25) is 24.3 Å². The van der Waals surface area contributed by atoms with Gasteiger partial charge in [0.15, 0.2) is 0 Å². The van der Waals surface area contributed by atoms with Crippen LogP contribution in [0.15, 0.2) is 108 Å². The van der Waals surface area contributed by atoms with E-state index in [4.69, 9.17) is 16.3 Å². The number of ether oxygens (including phenoxy) is 1. The summed E-state index contributed by atoms with van der Waals surface area (Å²) in [6.07, 6.45) is 3.44. The first-order chi connectivity index (χ1) is 23.6. The van der Waals surface area contributed by atoms with E-state index >= 15 is 0 Å². The van der Waals surface area contributed by atoms with Gasteiger partial charge < -0.3 is 15.4 Å². The number of hydroxylamine groups is 1. The van der Waals surface area contributed by atoms with Crippen LogP contribution in [0.25, 0.3) is 22.4 Å². The molecule has 11 nitrogen and oxygen atoms in total. The van der Waals surface area contributed by atoms with E-state index in [1.165, 1.54) is 13.0 Å². The van der Waals surface area contributed by atoms with Crippen molar-refractivity contribution in [1.82, 2.24) is 19.9 Å². The molecule has 1 aliphatic heterocycles. The minimum absolute atomic E-state index is 0.0822. The Morgan fingerprint density at radius 2 is 1.71 bits per heavy atom. The van der Waals surface area contributed by atoms with Gasteiger partial charge in [-0.25, -0.2) is 9.78 Å². The van der Waals surface area contributed by atoms with E-state index in [9.17, 15) is 19.6 Å². The van der Waals surface area contributed by atoms with E-state index in [1.54, 1.807) is 68.7 Å². The van der Waals surface area contributed by atoms with Crippen LogP contribution >= 0.6 is 11.6 Å². The molecule has 0 spiro atoms. The molecule has 5 aromatic rings.